The Morgan fingerprint density at radius 2 is 2.06 bits per heavy atom. The van der Waals surface area contributed by atoms with Crippen LogP contribution >= 0.6 is 0 Å². The normalized spacial score (nSPS) is 10.5. The summed E-state index contributed by atoms with van der Waals surface area (Å²) in [4.78, 5) is 25.5. The molecule has 0 aliphatic carbocycles. The summed E-state index contributed by atoms with van der Waals surface area (Å²) >= 11 is 0. The highest BCUT2D eigenvalue weighted by atomic mass is 16.5. The predicted octanol–water partition coefficient (Wildman–Crippen LogP) is 0.303. The van der Waals surface area contributed by atoms with E-state index in [1.165, 1.54) is 7.11 Å². The molecule has 0 unspecified atom stereocenters. The second kappa shape index (κ2) is 4.40. The molecule has 0 aliphatic rings. The molecule has 2 amide bonds. The van der Waals surface area contributed by atoms with Crippen molar-refractivity contribution >= 4 is 22.7 Å². The van der Waals surface area contributed by atoms with E-state index in [9.17, 15) is 9.59 Å². The number of carbonyl (C=O) groups excluding carboxylic acids is 2. The Hall–Kier alpha value is -2.50. The third-order valence-corrected chi connectivity index (χ3v) is 2.69. The molecule has 2 rings (SSSR count). The monoisotopic (exact) mass is 247 g/mol. The summed E-state index contributed by atoms with van der Waals surface area (Å²) in [6.07, 6.45) is -0.0733. The van der Waals surface area contributed by atoms with E-state index in [1.54, 1.807) is 18.2 Å². The predicted molar refractivity (Wildman–Crippen MR) is 66.3 cm³/mol. The Kier molecular flexibility index (Phi) is 2.93. The fraction of sp³-hybridized carbons (Fsp3) is 0.167. The van der Waals surface area contributed by atoms with Crippen LogP contribution in [0, 0.1) is 0 Å². The van der Waals surface area contributed by atoms with E-state index in [1.807, 2.05) is 0 Å². The Bertz CT molecular complexity index is 631. The summed E-state index contributed by atoms with van der Waals surface area (Å²) in [6, 6.07) is 5.23. The average Bonchev–Trinajstić information content (AvgIpc) is 2.65. The first-order valence-electron chi connectivity index (χ1n) is 5.30. The molecule has 0 spiro atoms. The first kappa shape index (κ1) is 12.0. The van der Waals surface area contributed by atoms with Gasteiger partial charge in [-0.25, -0.2) is 0 Å². The van der Waals surface area contributed by atoms with Crippen molar-refractivity contribution in [2.24, 2.45) is 11.5 Å². The van der Waals surface area contributed by atoms with Crippen molar-refractivity contribution in [1.82, 2.24) is 4.98 Å². The van der Waals surface area contributed by atoms with Crippen LogP contribution in [0.3, 0.4) is 0 Å². The number of fused-ring (bicyclic) bond motifs is 1. The first-order valence-corrected chi connectivity index (χ1v) is 5.30. The van der Waals surface area contributed by atoms with Crippen molar-refractivity contribution in [3.05, 3.63) is 29.5 Å². The lowest BCUT2D eigenvalue weighted by Crippen LogP contribution is -2.18. The van der Waals surface area contributed by atoms with Gasteiger partial charge < -0.3 is 21.2 Å². The summed E-state index contributed by atoms with van der Waals surface area (Å²) in [5.74, 6) is -0.570. The maximum atomic E-state index is 11.5. The van der Waals surface area contributed by atoms with Crippen molar-refractivity contribution < 1.29 is 14.3 Å². The maximum absolute atomic E-state index is 11.5. The van der Waals surface area contributed by atoms with Crippen molar-refractivity contribution in [1.29, 1.82) is 0 Å². The van der Waals surface area contributed by atoms with Gasteiger partial charge in [-0.3, -0.25) is 9.59 Å². The fourth-order valence-corrected chi connectivity index (χ4v) is 2.00. The third-order valence-electron chi connectivity index (χ3n) is 2.69. The van der Waals surface area contributed by atoms with Gasteiger partial charge in [0.25, 0.3) is 5.91 Å². The molecule has 1 heterocycles. The number of H-pyrrole nitrogens is 1. The van der Waals surface area contributed by atoms with E-state index < -0.39 is 11.8 Å². The third kappa shape index (κ3) is 1.88. The van der Waals surface area contributed by atoms with Crippen LogP contribution in [0.2, 0.25) is 0 Å². The van der Waals surface area contributed by atoms with E-state index in [4.69, 9.17) is 16.2 Å². The molecule has 0 aliphatic heterocycles. The van der Waals surface area contributed by atoms with Crippen LogP contribution < -0.4 is 16.2 Å². The summed E-state index contributed by atoms with van der Waals surface area (Å²) in [5.41, 5.74) is 11.8. The number of primary amides is 2. The second-order valence-electron chi connectivity index (χ2n) is 3.87. The van der Waals surface area contributed by atoms with Gasteiger partial charge in [0, 0.05) is 11.1 Å². The topological polar surface area (TPSA) is 111 Å². The quantitative estimate of drug-likeness (QED) is 0.722. The largest absolute Gasteiger partial charge is 0.495 e. The van der Waals surface area contributed by atoms with Crippen LogP contribution in [0.25, 0.3) is 10.9 Å². The lowest BCUT2D eigenvalue weighted by atomic mass is 10.1. The van der Waals surface area contributed by atoms with Gasteiger partial charge in [-0.2, -0.15) is 0 Å². The number of aromatic nitrogens is 1. The number of hydrogen-bond donors (Lipinski definition) is 3. The Morgan fingerprint density at radius 3 is 2.61 bits per heavy atom. The number of aromatic amines is 1. The molecule has 0 saturated carbocycles. The minimum atomic E-state index is -0.606. The summed E-state index contributed by atoms with van der Waals surface area (Å²) in [7, 11) is 1.52. The molecule has 5 N–H and O–H groups in total. The van der Waals surface area contributed by atoms with E-state index in [0.717, 1.165) is 0 Å². The van der Waals surface area contributed by atoms with Gasteiger partial charge in [0.1, 0.15) is 5.75 Å². The highest BCUT2D eigenvalue weighted by Gasteiger charge is 2.19. The lowest BCUT2D eigenvalue weighted by molar-refractivity contribution is -0.117. The molecule has 1 aromatic heterocycles. The number of amides is 2. The average molecular weight is 247 g/mol. The smallest absolute Gasteiger partial charge is 0.251 e. The molecular formula is C12H13N3O3. The van der Waals surface area contributed by atoms with Gasteiger partial charge in [0.2, 0.25) is 5.91 Å². The summed E-state index contributed by atoms with van der Waals surface area (Å²) in [5, 5.41) is 0.623. The minimum absolute atomic E-state index is 0.0733. The van der Waals surface area contributed by atoms with Crippen LogP contribution in [-0.4, -0.2) is 23.9 Å². The van der Waals surface area contributed by atoms with E-state index in [-0.39, 0.29) is 12.0 Å². The zero-order valence-corrected chi connectivity index (χ0v) is 9.82. The van der Waals surface area contributed by atoms with Crippen LogP contribution in [0.15, 0.2) is 18.2 Å². The number of ether oxygens (including phenoxy) is 1. The molecule has 0 saturated heterocycles. The van der Waals surface area contributed by atoms with Crippen LogP contribution in [0.1, 0.15) is 16.1 Å². The number of hydrogen-bond acceptors (Lipinski definition) is 3. The lowest BCUT2D eigenvalue weighted by Gasteiger charge is -2.00. The molecule has 6 heteroatoms. The van der Waals surface area contributed by atoms with E-state index in [0.29, 0.717) is 22.3 Å². The Balaban J connectivity index is 2.74. The number of benzene rings is 1. The number of rotatable bonds is 4. The Labute approximate surface area is 103 Å². The number of nitrogens with one attached hydrogen (secondary N) is 1. The van der Waals surface area contributed by atoms with Gasteiger partial charge in [-0.1, -0.05) is 12.1 Å². The molecule has 94 valence electrons. The molecule has 0 fully saturated rings. The summed E-state index contributed by atoms with van der Waals surface area (Å²) in [6.45, 7) is 0. The molecule has 18 heavy (non-hydrogen) atoms. The molecule has 0 radical (unpaired) electrons. The highest BCUT2D eigenvalue weighted by Crippen LogP contribution is 2.29. The van der Waals surface area contributed by atoms with Gasteiger partial charge in [-0.05, 0) is 6.07 Å². The van der Waals surface area contributed by atoms with Crippen molar-refractivity contribution in [3.63, 3.8) is 0 Å². The first-order chi connectivity index (χ1) is 8.54. The number of carbonyl (C=O) groups is 2. The molecular weight excluding hydrogens is 234 g/mol. The van der Waals surface area contributed by atoms with Crippen molar-refractivity contribution in [2.75, 3.05) is 7.11 Å². The van der Waals surface area contributed by atoms with Crippen molar-refractivity contribution in [2.45, 2.75) is 6.42 Å². The molecule has 6 nitrogen and oxygen atoms in total. The van der Waals surface area contributed by atoms with Gasteiger partial charge in [0.15, 0.2) is 0 Å². The standard InChI is InChI=1S/C12H13N3O3/c1-18-8-4-2-3-6-10(12(14)17)7(5-9(13)16)15-11(6)8/h2-4,15H,5H2,1H3,(H2,13,16)(H2,14,17). The van der Waals surface area contributed by atoms with Crippen molar-refractivity contribution in [3.8, 4) is 5.75 Å². The fourth-order valence-electron chi connectivity index (χ4n) is 2.00. The highest BCUT2D eigenvalue weighted by molar-refractivity contribution is 6.09. The molecule has 1 aromatic carbocycles. The molecule has 2 aromatic rings. The number of methoxy groups -OCH3 is 1. The van der Waals surface area contributed by atoms with E-state index >= 15 is 0 Å². The van der Waals surface area contributed by atoms with Crippen LogP contribution in [0.5, 0.6) is 5.75 Å². The zero-order chi connectivity index (χ0) is 13.3. The van der Waals surface area contributed by atoms with Gasteiger partial charge >= 0.3 is 0 Å². The SMILES string of the molecule is COc1cccc2c(C(N)=O)c(CC(N)=O)[nH]c12. The second-order valence-corrected chi connectivity index (χ2v) is 3.87. The van der Waals surface area contributed by atoms with Crippen LogP contribution in [-0.2, 0) is 11.2 Å². The minimum Gasteiger partial charge on any atom is -0.495 e. The maximum Gasteiger partial charge on any atom is 0.251 e. The number of para-hydroxylation sites is 1. The molecule has 0 bridgehead atoms. The summed E-state index contributed by atoms with van der Waals surface area (Å²) < 4.78 is 5.18. The number of nitrogens with two attached hydrogens (primary N) is 2. The van der Waals surface area contributed by atoms with Crippen LogP contribution in [0.4, 0.5) is 0 Å². The zero-order valence-electron chi connectivity index (χ0n) is 9.82. The van der Waals surface area contributed by atoms with Gasteiger partial charge in [0.05, 0.1) is 24.6 Å². The van der Waals surface area contributed by atoms with Gasteiger partial charge in [-0.15, -0.1) is 0 Å². The Morgan fingerprint density at radius 1 is 1.33 bits per heavy atom. The molecule has 0 atom stereocenters. The van der Waals surface area contributed by atoms with E-state index in [2.05, 4.69) is 4.98 Å².